The molecule has 0 saturated heterocycles. The predicted molar refractivity (Wildman–Crippen MR) is 80.7 cm³/mol. The molecule has 1 atom stereocenters. The molecule has 2 aromatic rings. The standard InChI is InChI=1S/C14H17BrN4O/c1-3-4-17-12(10-7-11(15)9-16-8-10)13-14(20-2)19-6-5-18-13/h5-9,12,17H,3-4H2,1-2H3. The van der Waals surface area contributed by atoms with Gasteiger partial charge in [-0.2, -0.15) is 0 Å². The van der Waals surface area contributed by atoms with Gasteiger partial charge in [0, 0.05) is 29.3 Å². The lowest BCUT2D eigenvalue weighted by Gasteiger charge is -2.19. The lowest BCUT2D eigenvalue weighted by atomic mass is 10.1. The highest BCUT2D eigenvalue weighted by atomic mass is 79.9. The molecular weight excluding hydrogens is 320 g/mol. The molecule has 0 aliphatic carbocycles. The minimum Gasteiger partial charge on any atom is -0.480 e. The van der Waals surface area contributed by atoms with E-state index in [0.717, 1.165) is 28.7 Å². The summed E-state index contributed by atoms with van der Waals surface area (Å²) in [5.41, 5.74) is 1.79. The molecule has 2 aromatic heterocycles. The first-order valence-electron chi connectivity index (χ1n) is 6.45. The molecule has 0 aliphatic rings. The average Bonchev–Trinajstić information content (AvgIpc) is 2.48. The van der Waals surface area contributed by atoms with E-state index in [1.165, 1.54) is 0 Å². The van der Waals surface area contributed by atoms with Crippen molar-refractivity contribution in [3.05, 3.63) is 46.6 Å². The lowest BCUT2D eigenvalue weighted by Crippen LogP contribution is -2.25. The third-order valence-electron chi connectivity index (χ3n) is 2.82. The van der Waals surface area contributed by atoms with Gasteiger partial charge >= 0.3 is 0 Å². The molecule has 106 valence electrons. The molecule has 0 aromatic carbocycles. The minimum atomic E-state index is -0.0939. The highest BCUT2D eigenvalue weighted by Gasteiger charge is 2.20. The zero-order valence-electron chi connectivity index (χ0n) is 11.5. The van der Waals surface area contributed by atoms with Gasteiger partial charge in [0.1, 0.15) is 5.69 Å². The maximum absolute atomic E-state index is 5.31. The Morgan fingerprint density at radius 2 is 2.10 bits per heavy atom. The van der Waals surface area contributed by atoms with Crippen molar-refractivity contribution in [1.29, 1.82) is 0 Å². The molecule has 5 nitrogen and oxygen atoms in total. The van der Waals surface area contributed by atoms with Crippen molar-refractivity contribution in [2.24, 2.45) is 0 Å². The molecule has 0 amide bonds. The van der Waals surface area contributed by atoms with Crippen molar-refractivity contribution in [3.8, 4) is 5.88 Å². The van der Waals surface area contributed by atoms with E-state index in [1.807, 2.05) is 12.3 Å². The summed E-state index contributed by atoms with van der Waals surface area (Å²) in [4.78, 5) is 12.9. The fourth-order valence-corrected chi connectivity index (χ4v) is 2.32. The van der Waals surface area contributed by atoms with Crippen molar-refractivity contribution in [1.82, 2.24) is 20.3 Å². The largest absolute Gasteiger partial charge is 0.480 e. The third-order valence-corrected chi connectivity index (χ3v) is 3.25. The van der Waals surface area contributed by atoms with E-state index >= 15 is 0 Å². The minimum absolute atomic E-state index is 0.0939. The van der Waals surface area contributed by atoms with Gasteiger partial charge in [-0.15, -0.1) is 0 Å². The maximum atomic E-state index is 5.31. The van der Waals surface area contributed by atoms with Crippen LogP contribution in [0.3, 0.4) is 0 Å². The van der Waals surface area contributed by atoms with Gasteiger partial charge in [-0.25, -0.2) is 4.98 Å². The summed E-state index contributed by atoms with van der Waals surface area (Å²) < 4.78 is 6.24. The van der Waals surface area contributed by atoms with Crippen molar-refractivity contribution in [2.75, 3.05) is 13.7 Å². The molecule has 2 rings (SSSR count). The predicted octanol–water partition coefficient (Wildman–Crippen LogP) is 2.73. The maximum Gasteiger partial charge on any atom is 0.237 e. The van der Waals surface area contributed by atoms with Crippen LogP contribution < -0.4 is 10.1 Å². The number of ether oxygens (including phenoxy) is 1. The Morgan fingerprint density at radius 3 is 2.80 bits per heavy atom. The second-order valence-electron chi connectivity index (χ2n) is 4.27. The van der Waals surface area contributed by atoms with Gasteiger partial charge in [0.2, 0.25) is 5.88 Å². The van der Waals surface area contributed by atoms with Gasteiger partial charge < -0.3 is 10.1 Å². The van der Waals surface area contributed by atoms with Gasteiger partial charge in [0.25, 0.3) is 0 Å². The Morgan fingerprint density at radius 1 is 1.30 bits per heavy atom. The molecule has 20 heavy (non-hydrogen) atoms. The van der Waals surface area contributed by atoms with Crippen LogP contribution in [0.15, 0.2) is 35.3 Å². The third kappa shape index (κ3) is 3.52. The normalized spacial score (nSPS) is 12.2. The van der Waals surface area contributed by atoms with Crippen LogP contribution in [0.2, 0.25) is 0 Å². The summed E-state index contributed by atoms with van der Waals surface area (Å²) >= 11 is 3.45. The molecule has 0 fully saturated rings. The Hall–Kier alpha value is -1.53. The summed E-state index contributed by atoms with van der Waals surface area (Å²) in [5, 5.41) is 3.46. The van der Waals surface area contributed by atoms with Gasteiger partial charge in [-0.3, -0.25) is 9.97 Å². The molecule has 0 aliphatic heterocycles. The number of methoxy groups -OCH3 is 1. The Labute approximate surface area is 127 Å². The molecule has 0 saturated carbocycles. The SMILES string of the molecule is CCCNC(c1cncc(Br)c1)c1nccnc1OC. The van der Waals surface area contributed by atoms with E-state index < -0.39 is 0 Å². The van der Waals surface area contributed by atoms with Crippen molar-refractivity contribution < 1.29 is 4.74 Å². The van der Waals surface area contributed by atoms with Crippen LogP contribution in [0.1, 0.15) is 30.6 Å². The smallest absolute Gasteiger partial charge is 0.237 e. The highest BCUT2D eigenvalue weighted by molar-refractivity contribution is 9.10. The zero-order valence-corrected chi connectivity index (χ0v) is 13.1. The highest BCUT2D eigenvalue weighted by Crippen LogP contribution is 2.27. The van der Waals surface area contributed by atoms with E-state index in [4.69, 9.17) is 4.74 Å². The Bertz CT molecular complexity index is 564. The summed E-state index contributed by atoms with van der Waals surface area (Å²) in [6.45, 7) is 2.99. The van der Waals surface area contributed by atoms with Crippen molar-refractivity contribution >= 4 is 15.9 Å². The second kappa shape index (κ2) is 7.31. The number of nitrogens with one attached hydrogen (secondary N) is 1. The number of aromatic nitrogens is 3. The number of nitrogens with zero attached hydrogens (tertiary/aromatic N) is 3. The van der Waals surface area contributed by atoms with Crippen molar-refractivity contribution in [2.45, 2.75) is 19.4 Å². The molecule has 1 N–H and O–H groups in total. The summed E-state index contributed by atoms with van der Waals surface area (Å²) in [6.07, 6.45) is 7.91. The van der Waals surface area contributed by atoms with E-state index in [-0.39, 0.29) is 6.04 Å². The van der Waals surface area contributed by atoms with E-state index in [9.17, 15) is 0 Å². The first-order valence-corrected chi connectivity index (χ1v) is 7.24. The number of hydrogen-bond donors (Lipinski definition) is 1. The Balaban J connectivity index is 2.41. The Kier molecular flexibility index (Phi) is 5.43. The molecule has 0 spiro atoms. The molecule has 2 heterocycles. The number of halogens is 1. The molecule has 0 bridgehead atoms. The monoisotopic (exact) mass is 336 g/mol. The van der Waals surface area contributed by atoms with E-state index in [2.05, 4.69) is 43.1 Å². The molecular formula is C14H17BrN4O. The van der Waals surface area contributed by atoms with Gasteiger partial charge in [0.05, 0.1) is 13.2 Å². The van der Waals surface area contributed by atoms with Gasteiger partial charge in [-0.1, -0.05) is 6.92 Å². The number of rotatable bonds is 6. The fourth-order valence-electron chi connectivity index (χ4n) is 1.94. The van der Waals surface area contributed by atoms with Crippen LogP contribution in [0, 0.1) is 0 Å². The molecule has 1 unspecified atom stereocenters. The molecule has 6 heteroatoms. The number of pyridine rings is 1. The number of hydrogen-bond acceptors (Lipinski definition) is 5. The lowest BCUT2D eigenvalue weighted by molar-refractivity contribution is 0.382. The van der Waals surface area contributed by atoms with E-state index in [0.29, 0.717) is 5.88 Å². The van der Waals surface area contributed by atoms with Crippen LogP contribution in [-0.2, 0) is 0 Å². The van der Waals surface area contributed by atoms with Gasteiger partial charge in [-0.05, 0) is 40.5 Å². The van der Waals surface area contributed by atoms with E-state index in [1.54, 1.807) is 25.7 Å². The average molecular weight is 337 g/mol. The van der Waals surface area contributed by atoms with Gasteiger partial charge in [0.15, 0.2) is 0 Å². The van der Waals surface area contributed by atoms with Crippen LogP contribution in [0.25, 0.3) is 0 Å². The topological polar surface area (TPSA) is 59.9 Å². The summed E-state index contributed by atoms with van der Waals surface area (Å²) in [6, 6.07) is 1.93. The van der Waals surface area contributed by atoms with Crippen LogP contribution >= 0.6 is 15.9 Å². The van der Waals surface area contributed by atoms with Crippen LogP contribution in [0.5, 0.6) is 5.88 Å². The second-order valence-corrected chi connectivity index (χ2v) is 5.19. The zero-order chi connectivity index (χ0) is 14.4. The first kappa shape index (κ1) is 14.9. The van der Waals surface area contributed by atoms with Crippen LogP contribution in [-0.4, -0.2) is 28.6 Å². The van der Waals surface area contributed by atoms with Crippen LogP contribution in [0.4, 0.5) is 0 Å². The quantitative estimate of drug-likeness (QED) is 0.878. The summed E-state index contributed by atoms with van der Waals surface area (Å²) in [5.74, 6) is 0.529. The first-order chi connectivity index (χ1) is 9.76. The molecule has 0 radical (unpaired) electrons. The van der Waals surface area contributed by atoms with Crippen molar-refractivity contribution in [3.63, 3.8) is 0 Å². The fraction of sp³-hybridized carbons (Fsp3) is 0.357. The summed E-state index contributed by atoms with van der Waals surface area (Å²) in [7, 11) is 1.60.